The number of aromatic nitrogens is 5. The molecule has 4 aromatic rings. The molecule has 1 N–H and O–H groups in total. The molecule has 0 aliphatic carbocycles. The van der Waals surface area contributed by atoms with Crippen molar-refractivity contribution in [2.75, 3.05) is 37.6 Å². The summed E-state index contributed by atoms with van der Waals surface area (Å²) in [6, 6.07) is 21.3. The van der Waals surface area contributed by atoms with E-state index in [0.29, 0.717) is 11.4 Å². The quantitative estimate of drug-likeness (QED) is 0.446. The van der Waals surface area contributed by atoms with Gasteiger partial charge in [-0.1, -0.05) is 53.7 Å². The monoisotopic (exact) mass is 468 g/mol. The Hall–Kier alpha value is -4.11. The number of carbonyl (C=O) groups is 1. The lowest BCUT2D eigenvalue weighted by molar-refractivity contribution is 0.0923. The first-order chi connectivity index (χ1) is 17.2. The zero-order chi connectivity index (χ0) is 24.0. The fraction of sp³-hybridized carbons (Fsp3) is 0.269. The van der Waals surface area contributed by atoms with Gasteiger partial charge < -0.3 is 10.2 Å². The van der Waals surface area contributed by atoms with Gasteiger partial charge in [-0.3, -0.25) is 9.69 Å². The molecule has 1 atom stereocenters. The molecule has 1 aliphatic rings. The smallest absolute Gasteiger partial charge is 0.274 e. The minimum Gasteiger partial charge on any atom is -0.347 e. The first-order valence-corrected chi connectivity index (χ1v) is 11.8. The van der Waals surface area contributed by atoms with Gasteiger partial charge in [0.1, 0.15) is 5.69 Å². The average Bonchev–Trinajstić information content (AvgIpc) is 3.36. The van der Waals surface area contributed by atoms with Crippen molar-refractivity contribution in [3.63, 3.8) is 0 Å². The Morgan fingerprint density at radius 2 is 1.57 bits per heavy atom. The van der Waals surface area contributed by atoms with Crippen molar-refractivity contribution < 1.29 is 4.79 Å². The van der Waals surface area contributed by atoms with E-state index in [1.807, 2.05) is 73.7 Å². The summed E-state index contributed by atoms with van der Waals surface area (Å²) in [7, 11) is 0. The van der Waals surface area contributed by atoms with Crippen molar-refractivity contribution in [1.82, 2.24) is 35.2 Å². The third-order valence-corrected chi connectivity index (χ3v) is 6.05. The molecule has 0 saturated carbocycles. The fourth-order valence-electron chi connectivity index (χ4n) is 4.35. The minimum absolute atomic E-state index is 0.0486. The van der Waals surface area contributed by atoms with E-state index in [1.165, 1.54) is 0 Å². The third-order valence-electron chi connectivity index (χ3n) is 6.05. The average molecular weight is 469 g/mol. The van der Waals surface area contributed by atoms with Gasteiger partial charge in [-0.25, -0.2) is 14.6 Å². The van der Waals surface area contributed by atoms with E-state index in [-0.39, 0.29) is 11.9 Å². The minimum atomic E-state index is -0.227. The predicted molar refractivity (Wildman–Crippen MR) is 134 cm³/mol. The van der Waals surface area contributed by atoms with Gasteiger partial charge in [-0.2, -0.15) is 0 Å². The number of benzene rings is 2. The van der Waals surface area contributed by atoms with Crippen LogP contribution in [0, 0.1) is 0 Å². The molecule has 1 unspecified atom stereocenters. The molecule has 35 heavy (non-hydrogen) atoms. The molecule has 0 spiro atoms. The molecule has 1 saturated heterocycles. The summed E-state index contributed by atoms with van der Waals surface area (Å²) >= 11 is 0. The van der Waals surface area contributed by atoms with E-state index in [2.05, 4.69) is 35.4 Å². The largest absolute Gasteiger partial charge is 0.347 e. The van der Waals surface area contributed by atoms with Crippen LogP contribution in [-0.2, 0) is 0 Å². The van der Waals surface area contributed by atoms with Crippen molar-refractivity contribution >= 4 is 11.9 Å². The molecule has 0 radical (unpaired) electrons. The predicted octanol–water partition coefficient (Wildman–Crippen LogP) is 2.66. The second kappa shape index (κ2) is 10.4. The van der Waals surface area contributed by atoms with Crippen LogP contribution in [0.4, 0.5) is 5.95 Å². The van der Waals surface area contributed by atoms with Gasteiger partial charge in [0.05, 0.1) is 5.69 Å². The number of piperazine rings is 1. The van der Waals surface area contributed by atoms with Crippen LogP contribution >= 0.6 is 0 Å². The normalized spacial score (nSPS) is 15.1. The van der Waals surface area contributed by atoms with Crippen molar-refractivity contribution in [3.05, 3.63) is 84.8 Å². The highest BCUT2D eigenvalue weighted by Gasteiger charge is 2.25. The van der Waals surface area contributed by atoms with Crippen LogP contribution in [0.2, 0.25) is 0 Å². The lowest BCUT2D eigenvalue weighted by Gasteiger charge is -2.35. The summed E-state index contributed by atoms with van der Waals surface area (Å²) in [5.41, 5.74) is 2.74. The maximum Gasteiger partial charge on any atom is 0.274 e. The highest BCUT2D eigenvalue weighted by Crippen LogP contribution is 2.25. The van der Waals surface area contributed by atoms with Gasteiger partial charge in [0, 0.05) is 56.7 Å². The third kappa shape index (κ3) is 5.20. The number of hydrogen-bond donors (Lipinski definition) is 1. The number of amides is 1. The molecule has 3 heterocycles. The van der Waals surface area contributed by atoms with Gasteiger partial charge >= 0.3 is 0 Å². The SMILES string of the molecule is CC(CN1CCN(c2ncccn2)CC1)NC(=O)c1nnn(-c2ccccc2)c1-c1ccccc1. The topological polar surface area (TPSA) is 92.1 Å². The molecular weight excluding hydrogens is 440 g/mol. The maximum atomic E-state index is 13.3. The van der Waals surface area contributed by atoms with Crippen LogP contribution in [0.5, 0.6) is 0 Å². The van der Waals surface area contributed by atoms with Crippen molar-refractivity contribution in [1.29, 1.82) is 0 Å². The maximum absolute atomic E-state index is 13.3. The standard InChI is InChI=1S/C26H28N8O/c1-20(19-32-15-17-33(18-16-32)26-27-13-8-14-28-26)29-25(35)23-24(21-9-4-2-5-10-21)34(31-30-23)22-11-6-3-7-12-22/h2-14,20H,15-19H2,1H3,(H,29,35). The first-order valence-electron chi connectivity index (χ1n) is 11.8. The number of hydrogen-bond acceptors (Lipinski definition) is 7. The molecule has 1 aliphatic heterocycles. The molecule has 1 amide bonds. The lowest BCUT2D eigenvalue weighted by atomic mass is 10.1. The molecule has 2 aromatic carbocycles. The number of nitrogens with one attached hydrogen (secondary N) is 1. The molecule has 1 fully saturated rings. The van der Waals surface area contributed by atoms with Crippen LogP contribution in [0.3, 0.4) is 0 Å². The van der Waals surface area contributed by atoms with E-state index in [9.17, 15) is 4.79 Å². The van der Waals surface area contributed by atoms with Crippen molar-refractivity contribution in [2.45, 2.75) is 13.0 Å². The van der Waals surface area contributed by atoms with Gasteiger partial charge in [0.15, 0.2) is 5.69 Å². The molecule has 0 bridgehead atoms. The summed E-state index contributed by atoms with van der Waals surface area (Å²) in [6.45, 7) is 6.26. The second-order valence-corrected chi connectivity index (χ2v) is 8.61. The van der Waals surface area contributed by atoms with Crippen LogP contribution in [0.25, 0.3) is 16.9 Å². The van der Waals surface area contributed by atoms with E-state index in [1.54, 1.807) is 17.1 Å². The number of rotatable bonds is 7. The summed E-state index contributed by atoms with van der Waals surface area (Å²) in [6.07, 6.45) is 3.54. The highest BCUT2D eigenvalue weighted by atomic mass is 16.2. The second-order valence-electron chi connectivity index (χ2n) is 8.61. The van der Waals surface area contributed by atoms with E-state index < -0.39 is 0 Å². The van der Waals surface area contributed by atoms with Crippen molar-refractivity contribution in [2.24, 2.45) is 0 Å². The lowest BCUT2D eigenvalue weighted by Crippen LogP contribution is -2.51. The highest BCUT2D eigenvalue weighted by molar-refractivity contribution is 5.98. The Kier molecular flexibility index (Phi) is 6.76. The Bertz CT molecular complexity index is 1240. The van der Waals surface area contributed by atoms with E-state index in [4.69, 9.17) is 0 Å². The summed E-state index contributed by atoms with van der Waals surface area (Å²) in [5, 5.41) is 11.7. The number of carbonyl (C=O) groups excluding carboxylic acids is 1. The number of para-hydroxylation sites is 1. The van der Waals surface area contributed by atoms with Gasteiger partial charge in [0.25, 0.3) is 5.91 Å². The van der Waals surface area contributed by atoms with E-state index >= 15 is 0 Å². The van der Waals surface area contributed by atoms with Crippen molar-refractivity contribution in [3.8, 4) is 16.9 Å². The van der Waals surface area contributed by atoms with Crippen LogP contribution in [-0.4, -0.2) is 74.5 Å². The Morgan fingerprint density at radius 1 is 0.914 bits per heavy atom. The fourth-order valence-corrected chi connectivity index (χ4v) is 4.35. The zero-order valence-corrected chi connectivity index (χ0v) is 19.7. The van der Waals surface area contributed by atoms with Crippen LogP contribution in [0.15, 0.2) is 79.1 Å². The van der Waals surface area contributed by atoms with Crippen LogP contribution in [0.1, 0.15) is 17.4 Å². The summed E-state index contributed by atoms with van der Waals surface area (Å²) in [5.74, 6) is 0.540. The Morgan fingerprint density at radius 3 is 2.26 bits per heavy atom. The Balaban J connectivity index is 1.26. The number of anilines is 1. The first kappa shape index (κ1) is 22.7. The molecule has 9 nitrogen and oxygen atoms in total. The Labute approximate surface area is 204 Å². The molecule has 178 valence electrons. The summed E-state index contributed by atoms with van der Waals surface area (Å²) < 4.78 is 1.72. The van der Waals surface area contributed by atoms with Crippen LogP contribution < -0.4 is 10.2 Å². The van der Waals surface area contributed by atoms with Gasteiger partial charge in [-0.15, -0.1) is 5.10 Å². The van der Waals surface area contributed by atoms with Gasteiger partial charge in [0.2, 0.25) is 5.95 Å². The molecule has 9 heteroatoms. The molecular formula is C26H28N8O. The van der Waals surface area contributed by atoms with Gasteiger partial charge in [-0.05, 0) is 25.1 Å². The zero-order valence-electron chi connectivity index (χ0n) is 19.7. The van der Waals surface area contributed by atoms with E-state index in [0.717, 1.165) is 49.9 Å². The summed E-state index contributed by atoms with van der Waals surface area (Å²) in [4.78, 5) is 26.5. The number of nitrogens with zero attached hydrogens (tertiary/aromatic N) is 7. The molecule has 2 aromatic heterocycles. The molecule has 5 rings (SSSR count).